The maximum absolute atomic E-state index is 12.6. The van der Waals surface area contributed by atoms with Gasteiger partial charge in [-0.1, -0.05) is 18.6 Å². The molecule has 3 heterocycles. The van der Waals surface area contributed by atoms with Crippen LogP contribution in [0.2, 0.25) is 0 Å². The van der Waals surface area contributed by atoms with Crippen molar-refractivity contribution in [1.29, 1.82) is 0 Å². The number of piperidine rings is 1. The van der Waals surface area contributed by atoms with Crippen molar-refractivity contribution in [3.05, 3.63) is 57.3 Å². The second-order valence-electron chi connectivity index (χ2n) is 6.37. The van der Waals surface area contributed by atoms with Gasteiger partial charge in [0.1, 0.15) is 5.82 Å². The summed E-state index contributed by atoms with van der Waals surface area (Å²) in [5.74, 6) is 0.675. The smallest absolute Gasteiger partial charge is 0.297 e. The summed E-state index contributed by atoms with van der Waals surface area (Å²) in [5, 5.41) is 7.16. The van der Waals surface area contributed by atoms with Crippen molar-refractivity contribution in [2.75, 3.05) is 13.1 Å². The third kappa shape index (κ3) is 3.12. The van der Waals surface area contributed by atoms with Crippen molar-refractivity contribution in [2.24, 2.45) is 0 Å². The van der Waals surface area contributed by atoms with Crippen LogP contribution >= 0.6 is 0 Å². The third-order valence-electron chi connectivity index (χ3n) is 4.81. The molecule has 0 bridgehead atoms. The van der Waals surface area contributed by atoms with Gasteiger partial charge >= 0.3 is 5.69 Å². The topological polar surface area (TPSA) is 99.7 Å². The van der Waals surface area contributed by atoms with E-state index < -0.39 is 0 Å². The average Bonchev–Trinajstić information content (AvgIpc) is 3.08. The Morgan fingerprint density at radius 1 is 1.16 bits per heavy atom. The number of likely N-dealkylation sites (tertiary alicyclic amines) is 1. The highest BCUT2D eigenvalue weighted by atomic mass is 16.1. The number of nitrogens with one attached hydrogen (secondary N) is 2. The maximum atomic E-state index is 12.6. The fraction of sp³-hybridized carbons (Fsp3) is 0.412. The second-order valence-corrected chi connectivity index (χ2v) is 6.37. The molecule has 8 heteroatoms. The van der Waals surface area contributed by atoms with E-state index in [0.717, 1.165) is 25.8 Å². The summed E-state index contributed by atoms with van der Waals surface area (Å²) in [6.07, 6.45) is 4.77. The molecule has 1 fully saturated rings. The number of aromatic nitrogens is 5. The normalized spacial score (nSPS) is 18.6. The van der Waals surface area contributed by atoms with Crippen molar-refractivity contribution in [1.82, 2.24) is 29.6 Å². The summed E-state index contributed by atoms with van der Waals surface area (Å²) in [4.78, 5) is 33.3. The van der Waals surface area contributed by atoms with Crippen LogP contribution in [0, 0.1) is 0 Å². The SMILES string of the molecule is O=c1[nH]nc(C2CCCCN2CCn2cnc3ccccc3c2=O)[nH]1. The van der Waals surface area contributed by atoms with E-state index >= 15 is 0 Å². The van der Waals surface area contributed by atoms with E-state index in [1.807, 2.05) is 18.2 Å². The number of aromatic amines is 2. The van der Waals surface area contributed by atoms with Gasteiger partial charge in [-0.15, -0.1) is 0 Å². The highest BCUT2D eigenvalue weighted by Gasteiger charge is 2.26. The van der Waals surface area contributed by atoms with E-state index in [2.05, 4.69) is 25.1 Å². The number of hydrogen-bond donors (Lipinski definition) is 2. The molecule has 4 rings (SSSR count). The zero-order valence-corrected chi connectivity index (χ0v) is 13.8. The van der Waals surface area contributed by atoms with Crippen LogP contribution in [0.4, 0.5) is 0 Å². The minimum Gasteiger partial charge on any atom is -0.297 e. The molecule has 0 saturated carbocycles. The van der Waals surface area contributed by atoms with Gasteiger partial charge in [-0.25, -0.2) is 14.9 Å². The summed E-state index contributed by atoms with van der Waals surface area (Å²) in [5.41, 5.74) is 0.413. The standard InChI is InChI=1S/C17H20N6O2/c24-16-12-5-1-2-6-13(12)18-11-23(16)10-9-22-8-4-3-7-14(22)15-19-17(25)21-20-15/h1-2,5-6,11,14H,3-4,7-10H2,(H2,19,20,21,25). The van der Waals surface area contributed by atoms with E-state index in [1.165, 1.54) is 0 Å². The molecule has 0 aliphatic carbocycles. The molecule has 1 unspecified atom stereocenters. The molecule has 3 aromatic rings. The zero-order chi connectivity index (χ0) is 17.2. The summed E-state index contributed by atoms with van der Waals surface area (Å²) in [6.45, 7) is 2.19. The van der Waals surface area contributed by atoms with Crippen LogP contribution < -0.4 is 11.2 Å². The minimum absolute atomic E-state index is 0.0210. The van der Waals surface area contributed by atoms with Gasteiger partial charge < -0.3 is 0 Å². The highest BCUT2D eigenvalue weighted by molar-refractivity contribution is 5.76. The second kappa shape index (κ2) is 6.64. The van der Waals surface area contributed by atoms with Crippen LogP contribution in [-0.2, 0) is 6.54 Å². The monoisotopic (exact) mass is 340 g/mol. The number of benzene rings is 1. The van der Waals surface area contributed by atoms with Crippen molar-refractivity contribution in [3.63, 3.8) is 0 Å². The lowest BCUT2D eigenvalue weighted by Gasteiger charge is -2.34. The molecular formula is C17H20N6O2. The van der Waals surface area contributed by atoms with Gasteiger partial charge in [-0.05, 0) is 31.5 Å². The first-order valence-corrected chi connectivity index (χ1v) is 8.55. The number of para-hydroxylation sites is 1. The quantitative estimate of drug-likeness (QED) is 0.739. The van der Waals surface area contributed by atoms with Crippen LogP contribution in [0.5, 0.6) is 0 Å². The van der Waals surface area contributed by atoms with Gasteiger partial charge in [0.05, 0.1) is 23.3 Å². The number of hydrogen-bond acceptors (Lipinski definition) is 5. The van der Waals surface area contributed by atoms with E-state index in [9.17, 15) is 9.59 Å². The zero-order valence-electron chi connectivity index (χ0n) is 13.8. The number of rotatable bonds is 4. The largest absolute Gasteiger partial charge is 0.340 e. The molecule has 1 atom stereocenters. The Morgan fingerprint density at radius 2 is 2.04 bits per heavy atom. The molecule has 25 heavy (non-hydrogen) atoms. The van der Waals surface area contributed by atoms with E-state index in [-0.39, 0.29) is 17.3 Å². The van der Waals surface area contributed by atoms with Crippen LogP contribution in [0.3, 0.4) is 0 Å². The first kappa shape index (κ1) is 15.8. The molecule has 1 aliphatic rings. The van der Waals surface area contributed by atoms with E-state index in [4.69, 9.17) is 0 Å². The van der Waals surface area contributed by atoms with Crippen molar-refractivity contribution in [3.8, 4) is 0 Å². The lowest BCUT2D eigenvalue weighted by atomic mass is 10.0. The number of nitrogens with zero attached hydrogens (tertiary/aromatic N) is 4. The molecule has 8 nitrogen and oxygen atoms in total. The Morgan fingerprint density at radius 3 is 2.88 bits per heavy atom. The molecule has 2 aromatic heterocycles. The summed E-state index contributed by atoms with van der Waals surface area (Å²) in [7, 11) is 0. The Bertz CT molecular complexity index is 988. The molecule has 1 saturated heterocycles. The first-order chi connectivity index (χ1) is 12.2. The highest BCUT2D eigenvalue weighted by Crippen LogP contribution is 2.27. The Hall–Kier alpha value is -2.74. The summed E-state index contributed by atoms with van der Waals surface area (Å²) in [6, 6.07) is 7.46. The van der Waals surface area contributed by atoms with Crippen LogP contribution in [-0.4, -0.2) is 42.7 Å². The van der Waals surface area contributed by atoms with Gasteiger partial charge in [0, 0.05) is 13.1 Å². The van der Waals surface area contributed by atoms with Crippen LogP contribution in [0.15, 0.2) is 40.2 Å². The fourth-order valence-corrected chi connectivity index (χ4v) is 3.51. The molecule has 0 spiro atoms. The molecule has 130 valence electrons. The van der Waals surface area contributed by atoms with Crippen LogP contribution in [0.25, 0.3) is 10.9 Å². The van der Waals surface area contributed by atoms with Gasteiger partial charge in [0.15, 0.2) is 0 Å². The first-order valence-electron chi connectivity index (χ1n) is 8.55. The van der Waals surface area contributed by atoms with Gasteiger partial charge in [-0.3, -0.25) is 19.2 Å². The minimum atomic E-state index is -0.282. The lowest BCUT2D eigenvalue weighted by Crippen LogP contribution is -2.38. The average molecular weight is 340 g/mol. The third-order valence-corrected chi connectivity index (χ3v) is 4.81. The maximum Gasteiger partial charge on any atom is 0.340 e. The van der Waals surface area contributed by atoms with Crippen LogP contribution in [0.1, 0.15) is 31.1 Å². The van der Waals surface area contributed by atoms with Gasteiger partial charge in [0.2, 0.25) is 0 Å². The molecular weight excluding hydrogens is 320 g/mol. The molecule has 2 N–H and O–H groups in total. The van der Waals surface area contributed by atoms with E-state index in [0.29, 0.717) is 29.8 Å². The fourth-order valence-electron chi connectivity index (χ4n) is 3.51. The molecule has 0 amide bonds. The van der Waals surface area contributed by atoms with Crippen molar-refractivity contribution >= 4 is 10.9 Å². The Labute approximate surface area is 143 Å². The summed E-state index contributed by atoms with van der Waals surface area (Å²) < 4.78 is 1.65. The number of fused-ring (bicyclic) bond motifs is 1. The lowest BCUT2D eigenvalue weighted by molar-refractivity contribution is 0.136. The van der Waals surface area contributed by atoms with Crippen molar-refractivity contribution in [2.45, 2.75) is 31.8 Å². The molecule has 0 radical (unpaired) electrons. The Balaban J connectivity index is 1.54. The summed E-state index contributed by atoms with van der Waals surface area (Å²) >= 11 is 0. The van der Waals surface area contributed by atoms with Gasteiger partial charge in [-0.2, -0.15) is 5.10 Å². The Kier molecular flexibility index (Phi) is 4.19. The number of H-pyrrole nitrogens is 2. The van der Waals surface area contributed by atoms with Crippen molar-refractivity contribution < 1.29 is 0 Å². The predicted molar refractivity (Wildman–Crippen MR) is 93.4 cm³/mol. The van der Waals surface area contributed by atoms with Gasteiger partial charge in [0.25, 0.3) is 5.56 Å². The van der Waals surface area contributed by atoms with E-state index in [1.54, 1.807) is 17.0 Å². The predicted octanol–water partition coefficient (Wildman–Crippen LogP) is 1.04. The molecule has 1 aliphatic heterocycles. The molecule has 1 aromatic carbocycles.